The molecule has 0 aliphatic carbocycles. The van der Waals surface area contributed by atoms with Gasteiger partial charge in [0.05, 0.1) is 0 Å². The van der Waals surface area contributed by atoms with E-state index in [1.165, 1.54) is 3.58 Å². The van der Waals surface area contributed by atoms with Gasteiger partial charge in [0, 0.05) is 0 Å². The molecular weight excluding hydrogens is 201 g/mol. The van der Waals surface area contributed by atoms with Crippen LogP contribution in [0.2, 0.25) is 0 Å². The minimum absolute atomic E-state index is 0.861. The first-order valence-electron chi connectivity index (χ1n) is 2.12. The van der Waals surface area contributed by atoms with Gasteiger partial charge >= 0.3 is 51.0 Å². The van der Waals surface area contributed by atoms with E-state index >= 15 is 0 Å². The fourth-order valence-electron chi connectivity index (χ4n) is 0.384. The standard InChI is InChI=1S/C5H8IN/c1-5-3-4-7-6(5)2/h3-4H,1-2H3. The molecule has 0 saturated heterocycles. The summed E-state index contributed by atoms with van der Waals surface area (Å²) in [4.78, 5) is 2.25. The summed E-state index contributed by atoms with van der Waals surface area (Å²) >= 11 is -0.861. The van der Waals surface area contributed by atoms with E-state index in [9.17, 15) is 0 Å². The van der Waals surface area contributed by atoms with Gasteiger partial charge in [-0.15, -0.1) is 0 Å². The molecule has 1 aliphatic heterocycles. The molecule has 1 nitrogen and oxygen atoms in total. The summed E-state index contributed by atoms with van der Waals surface area (Å²) in [5, 5.41) is 0. The quantitative estimate of drug-likeness (QED) is 0.427. The molecule has 7 heavy (non-hydrogen) atoms. The molecule has 0 aromatic rings. The monoisotopic (exact) mass is 209 g/mol. The van der Waals surface area contributed by atoms with Gasteiger partial charge in [0.1, 0.15) is 0 Å². The predicted octanol–water partition coefficient (Wildman–Crippen LogP) is 2.03. The summed E-state index contributed by atoms with van der Waals surface area (Å²) in [6, 6.07) is 0. The first-order chi connectivity index (χ1) is 3.30. The Bertz CT molecular complexity index is 126. The van der Waals surface area contributed by atoms with Gasteiger partial charge in [0.2, 0.25) is 0 Å². The number of hydrogen-bond donors (Lipinski definition) is 0. The molecule has 1 heterocycles. The summed E-state index contributed by atoms with van der Waals surface area (Å²) in [5.41, 5.74) is 0. The third kappa shape index (κ3) is 1.02. The van der Waals surface area contributed by atoms with Gasteiger partial charge in [-0.3, -0.25) is 0 Å². The molecule has 0 aromatic heterocycles. The first kappa shape index (κ1) is 5.28. The second kappa shape index (κ2) is 1.94. The van der Waals surface area contributed by atoms with Crippen LogP contribution in [-0.2, 0) is 0 Å². The Labute approximate surface area is 51.3 Å². The Balaban J connectivity index is 2.69. The molecule has 0 atom stereocenters. The van der Waals surface area contributed by atoms with Crippen molar-refractivity contribution in [3.63, 3.8) is 0 Å². The normalized spacial score (nSPS) is 23.1. The van der Waals surface area contributed by atoms with E-state index in [1.54, 1.807) is 0 Å². The fourth-order valence-corrected chi connectivity index (χ4v) is 2.15. The van der Waals surface area contributed by atoms with Gasteiger partial charge < -0.3 is 0 Å². The van der Waals surface area contributed by atoms with Crippen molar-refractivity contribution in [1.82, 2.24) is 0 Å². The summed E-state index contributed by atoms with van der Waals surface area (Å²) in [6.07, 6.45) is 4.05. The van der Waals surface area contributed by atoms with Gasteiger partial charge in [-0.2, -0.15) is 0 Å². The Morgan fingerprint density at radius 2 is 2.43 bits per heavy atom. The van der Waals surface area contributed by atoms with Gasteiger partial charge in [-0.25, -0.2) is 0 Å². The van der Waals surface area contributed by atoms with Crippen molar-refractivity contribution in [2.24, 2.45) is 3.21 Å². The Kier molecular flexibility index (Phi) is 1.46. The molecule has 1 rings (SSSR count). The maximum absolute atomic E-state index is 4.26. The maximum atomic E-state index is 4.26. The summed E-state index contributed by atoms with van der Waals surface area (Å²) < 4.78 is 5.77. The topological polar surface area (TPSA) is 12.4 Å². The number of alkyl halides is 1. The average molecular weight is 209 g/mol. The van der Waals surface area contributed by atoms with Crippen LogP contribution in [0.25, 0.3) is 0 Å². The van der Waals surface area contributed by atoms with Crippen molar-refractivity contribution in [2.75, 3.05) is 4.93 Å². The van der Waals surface area contributed by atoms with E-state index in [4.69, 9.17) is 0 Å². The zero-order valence-electron chi connectivity index (χ0n) is 4.48. The summed E-state index contributed by atoms with van der Waals surface area (Å²) in [5.74, 6) is 0. The number of rotatable bonds is 0. The first-order valence-corrected chi connectivity index (χ1v) is 6.32. The van der Waals surface area contributed by atoms with Gasteiger partial charge in [-0.05, 0) is 0 Å². The summed E-state index contributed by atoms with van der Waals surface area (Å²) in [6.45, 7) is 2.16. The summed E-state index contributed by atoms with van der Waals surface area (Å²) in [7, 11) is 0. The molecule has 0 amide bonds. The molecule has 0 unspecified atom stereocenters. The van der Waals surface area contributed by atoms with Crippen LogP contribution in [0.1, 0.15) is 6.92 Å². The molecule has 2 heteroatoms. The number of hydrogen-bond acceptors (Lipinski definition) is 1. The Morgan fingerprint density at radius 3 is 2.57 bits per heavy atom. The molecule has 0 saturated carbocycles. The van der Waals surface area contributed by atoms with Crippen molar-refractivity contribution in [1.29, 1.82) is 0 Å². The number of nitrogens with zero attached hydrogens (tertiary/aromatic N) is 1. The van der Waals surface area contributed by atoms with E-state index in [0.29, 0.717) is 0 Å². The van der Waals surface area contributed by atoms with Crippen molar-refractivity contribution < 1.29 is 0 Å². The minimum atomic E-state index is -0.861. The predicted molar refractivity (Wildman–Crippen MR) is 42.2 cm³/mol. The van der Waals surface area contributed by atoms with Gasteiger partial charge in [0.25, 0.3) is 0 Å². The van der Waals surface area contributed by atoms with Crippen molar-refractivity contribution in [3.05, 3.63) is 9.66 Å². The van der Waals surface area contributed by atoms with Crippen LogP contribution in [-0.4, -0.2) is 11.1 Å². The van der Waals surface area contributed by atoms with Crippen molar-refractivity contribution in [3.8, 4) is 0 Å². The fraction of sp³-hybridized carbons (Fsp3) is 0.400. The van der Waals surface area contributed by atoms with Crippen LogP contribution < -0.4 is 0 Å². The molecule has 0 bridgehead atoms. The van der Waals surface area contributed by atoms with E-state index in [0.717, 1.165) is 0 Å². The molecule has 0 fully saturated rings. The third-order valence-corrected chi connectivity index (χ3v) is 4.92. The Hall–Kier alpha value is 0.140. The average Bonchev–Trinajstić information content (AvgIpc) is 1.91. The van der Waals surface area contributed by atoms with Gasteiger partial charge in [-0.1, -0.05) is 0 Å². The number of allylic oxidation sites excluding steroid dienone is 2. The van der Waals surface area contributed by atoms with Crippen LogP contribution in [0, 0.1) is 0 Å². The van der Waals surface area contributed by atoms with Crippen LogP contribution in [0.5, 0.6) is 0 Å². The SMILES string of the molecule is CC1=CC=NI1C. The van der Waals surface area contributed by atoms with Gasteiger partial charge in [0.15, 0.2) is 0 Å². The third-order valence-electron chi connectivity index (χ3n) is 0.938. The molecule has 0 spiro atoms. The molecule has 40 valence electrons. The van der Waals surface area contributed by atoms with Crippen LogP contribution >= 0.6 is 20.1 Å². The molecular formula is C5H8IN. The second-order valence-corrected chi connectivity index (χ2v) is 6.23. The van der Waals surface area contributed by atoms with E-state index < -0.39 is 20.1 Å². The second-order valence-electron chi connectivity index (χ2n) is 1.44. The van der Waals surface area contributed by atoms with Crippen LogP contribution in [0.4, 0.5) is 0 Å². The molecule has 0 aromatic carbocycles. The Morgan fingerprint density at radius 1 is 1.71 bits per heavy atom. The molecule has 0 N–H and O–H groups in total. The van der Waals surface area contributed by atoms with Crippen LogP contribution in [0.15, 0.2) is 12.9 Å². The van der Waals surface area contributed by atoms with E-state index in [1.807, 2.05) is 6.21 Å². The zero-order chi connectivity index (χ0) is 5.28. The molecule has 0 radical (unpaired) electrons. The molecule has 1 aliphatic rings. The van der Waals surface area contributed by atoms with E-state index in [2.05, 4.69) is 21.1 Å². The number of halogens is 1. The van der Waals surface area contributed by atoms with Crippen molar-refractivity contribution >= 4 is 26.3 Å². The van der Waals surface area contributed by atoms with Crippen LogP contribution in [0.3, 0.4) is 0 Å². The zero-order valence-corrected chi connectivity index (χ0v) is 6.64. The van der Waals surface area contributed by atoms with Crippen molar-refractivity contribution in [2.45, 2.75) is 6.92 Å². The van der Waals surface area contributed by atoms with E-state index in [-0.39, 0.29) is 0 Å².